The van der Waals surface area contributed by atoms with Crippen LogP contribution in [0.15, 0.2) is 22.9 Å². The summed E-state index contributed by atoms with van der Waals surface area (Å²) in [5, 5.41) is 0.848. The van der Waals surface area contributed by atoms with E-state index in [0.29, 0.717) is 10.7 Å². The molecular formula is C11H8BrFN2. The molecule has 1 aromatic heterocycles. The molecule has 1 saturated carbocycles. The van der Waals surface area contributed by atoms with Crippen molar-refractivity contribution in [1.29, 1.82) is 0 Å². The van der Waals surface area contributed by atoms with Crippen molar-refractivity contribution in [2.45, 2.75) is 18.8 Å². The largest absolute Gasteiger partial charge is 0.226 e. The van der Waals surface area contributed by atoms with Crippen LogP contribution in [-0.4, -0.2) is 9.97 Å². The van der Waals surface area contributed by atoms with E-state index in [9.17, 15) is 4.39 Å². The Morgan fingerprint density at radius 1 is 1.27 bits per heavy atom. The molecule has 76 valence electrons. The van der Waals surface area contributed by atoms with Gasteiger partial charge in [-0.25, -0.2) is 14.4 Å². The van der Waals surface area contributed by atoms with Crippen LogP contribution in [0.5, 0.6) is 0 Å². The Hall–Kier alpha value is -1.03. The molecule has 2 nitrogen and oxygen atoms in total. The van der Waals surface area contributed by atoms with E-state index in [1.165, 1.54) is 12.1 Å². The Morgan fingerprint density at radius 2 is 2.07 bits per heavy atom. The van der Waals surface area contributed by atoms with E-state index in [0.717, 1.165) is 29.4 Å². The molecule has 3 rings (SSSR count). The molecule has 0 atom stereocenters. The fourth-order valence-electron chi connectivity index (χ4n) is 1.76. The van der Waals surface area contributed by atoms with Crippen LogP contribution < -0.4 is 0 Å². The predicted molar refractivity (Wildman–Crippen MR) is 59.2 cm³/mol. The molecule has 1 aliphatic rings. The van der Waals surface area contributed by atoms with Crippen LogP contribution in [0.3, 0.4) is 0 Å². The number of hydrogen-bond donors (Lipinski definition) is 0. The van der Waals surface area contributed by atoms with Crippen LogP contribution in [0.25, 0.3) is 10.9 Å². The van der Waals surface area contributed by atoms with E-state index in [2.05, 4.69) is 25.9 Å². The average molecular weight is 267 g/mol. The van der Waals surface area contributed by atoms with Gasteiger partial charge in [0.1, 0.15) is 5.82 Å². The zero-order chi connectivity index (χ0) is 10.4. The van der Waals surface area contributed by atoms with Crippen molar-refractivity contribution in [3.05, 3.63) is 34.4 Å². The van der Waals surface area contributed by atoms with Crippen molar-refractivity contribution in [2.75, 3.05) is 0 Å². The molecule has 1 fully saturated rings. The van der Waals surface area contributed by atoms with E-state index in [4.69, 9.17) is 0 Å². The zero-order valence-corrected chi connectivity index (χ0v) is 9.46. The maximum absolute atomic E-state index is 13.1. The molecule has 0 bridgehead atoms. The standard InChI is InChI=1S/C11H8BrFN2/c12-11-14-9-4-3-7(13)5-8(9)10(15-11)6-1-2-6/h3-6H,1-2H2. The molecule has 0 aliphatic heterocycles. The minimum atomic E-state index is -0.227. The Balaban J connectivity index is 2.34. The van der Waals surface area contributed by atoms with Gasteiger partial charge in [0, 0.05) is 11.3 Å². The van der Waals surface area contributed by atoms with E-state index in [-0.39, 0.29) is 5.82 Å². The molecule has 0 amide bonds. The van der Waals surface area contributed by atoms with E-state index >= 15 is 0 Å². The van der Waals surface area contributed by atoms with Gasteiger partial charge in [-0.05, 0) is 47.0 Å². The maximum atomic E-state index is 13.1. The molecule has 0 N–H and O–H groups in total. The van der Waals surface area contributed by atoms with Crippen LogP contribution in [-0.2, 0) is 0 Å². The lowest BCUT2D eigenvalue weighted by Crippen LogP contribution is -1.94. The maximum Gasteiger partial charge on any atom is 0.197 e. The smallest absolute Gasteiger partial charge is 0.197 e. The van der Waals surface area contributed by atoms with E-state index < -0.39 is 0 Å². The molecule has 1 aliphatic carbocycles. The topological polar surface area (TPSA) is 25.8 Å². The second-order valence-corrected chi connectivity index (χ2v) is 4.52. The quantitative estimate of drug-likeness (QED) is 0.740. The van der Waals surface area contributed by atoms with Crippen molar-refractivity contribution >= 4 is 26.8 Å². The molecular weight excluding hydrogens is 259 g/mol. The summed E-state index contributed by atoms with van der Waals surface area (Å²) in [5.74, 6) is 0.268. The van der Waals surface area contributed by atoms with Gasteiger partial charge in [0.05, 0.1) is 11.2 Å². The van der Waals surface area contributed by atoms with Gasteiger partial charge in [0.25, 0.3) is 0 Å². The Kier molecular flexibility index (Phi) is 1.99. The molecule has 0 saturated heterocycles. The summed E-state index contributed by atoms with van der Waals surface area (Å²) in [7, 11) is 0. The normalized spacial score (nSPS) is 15.9. The molecule has 2 aromatic rings. The molecule has 4 heteroatoms. The zero-order valence-electron chi connectivity index (χ0n) is 7.87. The predicted octanol–water partition coefficient (Wildman–Crippen LogP) is 3.41. The Labute approximate surface area is 94.7 Å². The number of hydrogen-bond acceptors (Lipinski definition) is 2. The first-order valence-corrected chi connectivity index (χ1v) is 5.66. The van der Waals surface area contributed by atoms with Crippen LogP contribution in [0.4, 0.5) is 4.39 Å². The first kappa shape index (κ1) is 9.21. The Bertz CT molecular complexity index is 537. The summed E-state index contributed by atoms with van der Waals surface area (Å²) < 4.78 is 13.7. The van der Waals surface area contributed by atoms with Crippen LogP contribution in [0, 0.1) is 5.82 Å². The lowest BCUT2D eigenvalue weighted by Gasteiger charge is -2.04. The van der Waals surface area contributed by atoms with Crippen molar-refractivity contribution in [2.24, 2.45) is 0 Å². The first-order valence-electron chi connectivity index (χ1n) is 4.87. The van der Waals surface area contributed by atoms with Crippen molar-refractivity contribution < 1.29 is 4.39 Å². The lowest BCUT2D eigenvalue weighted by molar-refractivity contribution is 0.629. The van der Waals surface area contributed by atoms with Gasteiger partial charge < -0.3 is 0 Å². The van der Waals surface area contributed by atoms with Gasteiger partial charge in [-0.1, -0.05) is 0 Å². The number of fused-ring (bicyclic) bond motifs is 1. The number of rotatable bonds is 1. The van der Waals surface area contributed by atoms with Crippen molar-refractivity contribution in [3.8, 4) is 0 Å². The van der Waals surface area contributed by atoms with Gasteiger partial charge in [-0.15, -0.1) is 0 Å². The molecule has 1 aromatic carbocycles. The van der Waals surface area contributed by atoms with Crippen LogP contribution in [0.2, 0.25) is 0 Å². The first-order chi connectivity index (χ1) is 7.24. The van der Waals surface area contributed by atoms with E-state index in [1.807, 2.05) is 0 Å². The summed E-state index contributed by atoms with van der Waals surface area (Å²) in [6, 6.07) is 4.65. The van der Waals surface area contributed by atoms with Gasteiger partial charge in [0.2, 0.25) is 0 Å². The highest BCUT2D eigenvalue weighted by Crippen LogP contribution is 2.42. The monoisotopic (exact) mass is 266 g/mol. The number of benzene rings is 1. The van der Waals surface area contributed by atoms with Gasteiger partial charge >= 0.3 is 0 Å². The van der Waals surface area contributed by atoms with Gasteiger partial charge in [0.15, 0.2) is 4.73 Å². The van der Waals surface area contributed by atoms with Crippen molar-refractivity contribution in [3.63, 3.8) is 0 Å². The molecule has 0 radical (unpaired) electrons. The van der Waals surface area contributed by atoms with Crippen LogP contribution >= 0.6 is 15.9 Å². The number of aromatic nitrogens is 2. The average Bonchev–Trinajstić information content (AvgIpc) is 3.01. The minimum absolute atomic E-state index is 0.227. The second-order valence-electron chi connectivity index (χ2n) is 3.81. The summed E-state index contributed by atoms with van der Waals surface area (Å²) >= 11 is 3.28. The molecule has 1 heterocycles. The summed E-state index contributed by atoms with van der Waals surface area (Å²) in [6.45, 7) is 0. The number of nitrogens with zero attached hydrogens (tertiary/aromatic N) is 2. The minimum Gasteiger partial charge on any atom is -0.226 e. The van der Waals surface area contributed by atoms with Crippen molar-refractivity contribution in [1.82, 2.24) is 9.97 Å². The Morgan fingerprint density at radius 3 is 2.80 bits per heavy atom. The third kappa shape index (κ3) is 1.63. The highest BCUT2D eigenvalue weighted by molar-refractivity contribution is 9.10. The van der Waals surface area contributed by atoms with E-state index in [1.54, 1.807) is 6.07 Å². The van der Waals surface area contributed by atoms with Gasteiger partial charge in [-0.2, -0.15) is 0 Å². The fourth-order valence-corrected chi connectivity index (χ4v) is 2.14. The second kappa shape index (κ2) is 3.23. The highest BCUT2D eigenvalue weighted by atomic mass is 79.9. The third-order valence-corrected chi connectivity index (χ3v) is 2.98. The summed E-state index contributed by atoms with van der Waals surface area (Å²) in [4.78, 5) is 8.57. The molecule has 15 heavy (non-hydrogen) atoms. The van der Waals surface area contributed by atoms with Gasteiger partial charge in [-0.3, -0.25) is 0 Å². The molecule has 0 unspecified atom stereocenters. The van der Waals surface area contributed by atoms with Crippen LogP contribution in [0.1, 0.15) is 24.5 Å². The molecule has 0 spiro atoms. The highest BCUT2D eigenvalue weighted by Gasteiger charge is 2.27. The fraction of sp³-hybridized carbons (Fsp3) is 0.273. The summed E-state index contributed by atoms with van der Waals surface area (Å²) in [5.41, 5.74) is 1.78. The summed E-state index contributed by atoms with van der Waals surface area (Å²) in [6.07, 6.45) is 2.30. The third-order valence-electron chi connectivity index (χ3n) is 2.62. The lowest BCUT2D eigenvalue weighted by atomic mass is 10.1. The number of halogens is 2. The SMILES string of the molecule is Fc1ccc2nc(Br)nc(C3CC3)c2c1.